The molecule has 1 N–H and O–H groups in total. The molecule has 0 spiro atoms. The van der Waals surface area contributed by atoms with Crippen molar-refractivity contribution in [2.24, 2.45) is 0 Å². The predicted molar refractivity (Wildman–Crippen MR) is 78.7 cm³/mol. The van der Waals surface area contributed by atoms with Crippen LogP contribution in [0.25, 0.3) is 0 Å². The zero-order chi connectivity index (χ0) is 13.8. The van der Waals surface area contributed by atoms with E-state index in [4.69, 9.17) is 27.9 Å². The average molecular weight is 290 g/mol. The van der Waals surface area contributed by atoms with Crippen LogP contribution in [0.2, 0.25) is 10.0 Å². The van der Waals surface area contributed by atoms with Gasteiger partial charge in [-0.3, -0.25) is 0 Å². The summed E-state index contributed by atoms with van der Waals surface area (Å²) >= 11 is 12.0. The number of hydrogen-bond donors (Lipinski definition) is 1. The first-order chi connectivity index (χ1) is 8.40. The van der Waals surface area contributed by atoms with Crippen LogP contribution in [0.4, 0.5) is 0 Å². The summed E-state index contributed by atoms with van der Waals surface area (Å²) in [6.07, 6.45) is 0.853. The zero-order valence-corrected chi connectivity index (χ0v) is 12.9. The smallest absolute Gasteiger partial charge is 0.0778 e. The van der Waals surface area contributed by atoms with E-state index >= 15 is 0 Å². The molecule has 0 aliphatic carbocycles. The minimum Gasteiger partial charge on any atom is -0.377 e. The average Bonchev–Trinajstić information content (AvgIpc) is 2.33. The molecule has 0 saturated carbocycles. The van der Waals surface area contributed by atoms with Crippen LogP contribution in [-0.4, -0.2) is 25.3 Å². The van der Waals surface area contributed by atoms with Crippen LogP contribution >= 0.6 is 23.2 Å². The topological polar surface area (TPSA) is 21.3 Å². The zero-order valence-electron chi connectivity index (χ0n) is 11.4. The van der Waals surface area contributed by atoms with E-state index in [1.54, 1.807) is 7.11 Å². The molecule has 0 heterocycles. The summed E-state index contributed by atoms with van der Waals surface area (Å²) in [5.41, 5.74) is 0.919. The van der Waals surface area contributed by atoms with Gasteiger partial charge in [-0.15, -0.1) is 0 Å². The van der Waals surface area contributed by atoms with Crippen LogP contribution < -0.4 is 5.32 Å². The Morgan fingerprint density at radius 1 is 1.28 bits per heavy atom. The van der Waals surface area contributed by atoms with Crippen molar-refractivity contribution in [1.82, 2.24) is 5.32 Å². The van der Waals surface area contributed by atoms with Crippen LogP contribution in [0.15, 0.2) is 18.2 Å². The molecular formula is C14H21Cl2NO. The minimum atomic E-state index is -0.234. The molecule has 0 aliphatic rings. The number of nitrogens with one attached hydrogen (secondary N) is 1. The van der Waals surface area contributed by atoms with E-state index < -0.39 is 0 Å². The summed E-state index contributed by atoms with van der Waals surface area (Å²) in [4.78, 5) is 0. The van der Waals surface area contributed by atoms with Gasteiger partial charge >= 0.3 is 0 Å². The van der Waals surface area contributed by atoms with E-state index in [0.717, 1.165) is 18.5 Å². The Hall–Kier alpha value is -0.280. The third-order valence-corrected chi connectivity index (χ3v) is 3.98. The fourth-order valence-electron chi connectivity index (χ4n) is 1.85. The first kappa shape index (κ1) is 15.8. The molecule has 0 radical (unpaired) electrons. The fourth-order valence-corrected chi connectivity index (χ4v) is 2.18. The van der Waals surface area contributed by atoms with Gasteiger partial charge in [0.15, 0.2) is 0 Å². The van der Waals surface area contributed by atoms with Gasteiger partial charge in [0.25, 0.3) is 0 Å². The quantitative estimate of drug-likeness (QED) is 0.857. The molecule has 1 aromatic carbocycles. The summed E-state index contributed by atoms with van der Waals surface area (Å²) in [6.45, 7) is 7.15. The Labute approximate surface area is 120 Å². The van der Waals surface area contributed by atoms with Gasteiger partial charge in [0.2, 0.25) is 0 Å². The minimum absolute atomic E-state index is 0.227. The number of ether oxygens (including phenoxy) is 1. The van der Waals surface area contributed by atoms with E-state index in [2.05, 4.69) is 26.1 Å². The molecule has 4 heteroatoms. The number of halogens is 2. The van der Waals surface area contributed by atoms with Crippen molar-refractivity contribution in [2.75, 3.05) is 13.7 Å². The molecule has 0 aromatic heterocycles. The maximum absolute atomic E-state index is 6.04. The van der Waals surface area contributed by atoms with Gasteiger partial charge in [0.1, 0.15) is 0 Å². The highest BCUT2D eigenvalue weighted by atomic mass is 35.5. The van der Waals surface area contributed by atoms with Gasteiger partial charge in [-0.1, -0.05) is 36.2 Å². The second-order valence-corrected chi connectivity index (χ2v) is 5.68. The second-order valence-electron chi connectivity index (χ2n) is 4.87. The third-order valence-electron chi connectivity index (χ3n) is 3.24. The van der Waals surface area contributed by atoms with Crippen molar-refractivity contribution in [3.8, 4) is 0 Å². The van der Waals surface area contributed by atoms with E-state index in [1.165, 1.54) is 0 Å². The molecule has 18 heavy (non-hydrogen) atoms. The lowest BCUT2D eigenvalue weighted by molar-refractivity contribution is -0.00960. The van der Waals surface area contributed by atoms with Crippen LogP contribution in [0.1, 0.15) is 26.3 Å². The molecule has 0 saturated heterocycles. The molecule has 0 amide bonds. The molecule has 2 nitrogen and oxygen atoms in total. The second kappa shape index (κ2) is 6.76. The molecule has 0 bridgehead atoms. The number of methoxy groups -OCH3 is 1. The SMILES string of the molecule is CCNC(Cc1ccc(Cl)c(Cl)c1)C(C)(C)OC. The lowest BCUT2D eigenvalue weighted by Crippen LogP contribution is -2.49. The first-order valence-corrected chi connectivity index (χ1v) is 6.88. The highest BCUT2D eigenvalue weighted by molar-refractivity contribution is 6.42. The Balaban J connectivity index is 2.86. The Kier molecular flexibility index (Phi) is 5.93. The molecule has 1 aromatic rings. The number of rotatable bonds is 6. The number of hydrogen-bond acceptors (Lipinski definition) is 2. The lowest BCUT2D eigenvalue weighted by Gasteiger charge is -2.34. The summed E-state index contributed by atoms with van der Waals surface area (Å²) in [5, 5.41) is 4.64. The van der Waals surface area contributed by atoms with Crippen molar-refractivity contribution < 1.29 is 4.74 Å². The molecule has 0 fully saturated rings. The maximum atomic E-state index is 6.04. The standard InChI is InChI=1S/C14H21Cl2NO/c1-5-17-13(14(2,3)18-4)9-10-6-7-11(15)12(16)8-10/h6-8,13,17H,5,9H2,1-4H3. The summed E-state index contributed by atoms with van der Waals surface area (Å²) in [7, 11) is 1.74. The Bertz CT molecular complexity index is 393. The molecule has 1 unspecified atom stereocenters. The van der Waals surface area contributed by atoms with Crippen LogP contribution in [0.3, 0.4) is 0 Å². The van der Waals surface area contributed by atoms with Crippen molar-refractivity contribution in [2.45, 2.75) is 38.8 Å². The summed E-state index contributed by atoms with van der Waals surface area (Å²) in [6, 6.07) is 5.98. The van der Waals surface area contributed by atoms with Crippen molar-refractivity contribution in [1.29, 1.82) is 0 Å². The highest BCUT2D eigenvalue weighted by Crippen LogP contribution is 2.25. The third kappa shape index (κ3) is 4.13. The van der Waals surface area contributed by atoms with E-state index in [-0.39, 0.29) is 11.6 Å². The van der Waals surface area contributed by atoms with Gasteiger partial charge in [-0.25, -0.2) is 0 Å². The van der Waals surface area contributed by atoms with E-state index in [1.807, 2.05) is 18.2 Å². The summed E-state index contributed by atoms with van der Waals surface area (Å²) in [5.74, 6) is 0. The normalized spacial score (nSPS) is 13.7. The van der Waals surface area contributed by atoms with Crippen LogP contribution in [-0.2, 0) is 11.2 Å². The number of benzene rings is 1. The van der Waals surface area contributed by atoms with Gasteiger partial charge < -0.3 is 10.1 Å². The highest BCUT2D eigenvalue weighted by Gasteiger charge is 2.28. The van der Waals surface area contributed by atoms with Crippen molar-refractivity contribution >= 4 is 23.2 Å². The Morgan fingerprint density at radius 2 is 1.94 bits per heavy atom. The lowest BCUT2D eigenvalue weighted by atomic mass is 9.92. The molecule has 102 valence electrons. The van der Waals surface area contributed by atoms with E-state index in [0.29, 0.717) is 10.0 Å². The molecule has 1 atom stereocenters. The maximum Gasteiger partial charge on any atom is 0.0778 e. The Morgan fingerprint density at radius 3 is 2.44 bits per heavy atom. The van der Waals surface area contributed by atoms with Crippen molar-refractivity contribution in [3.05, 3.63) is 33.8 Å². The van der Waals surface area contributed by atoms with Gasteiger partial charge in [0.05, 0.1) is 15.6 Å². The van der Waals surface area contributed by atoms with Crippen LogP contribution in [0.5, 0.6) is 0 Å². The molecule has 0 aliphatic heterocycles. The van der Waals surface area contributed by atoms with Crippen LogP contribution in [0, 0.1) is 0 Å². The number of likely N-dealkylation sites (N-methyl/N-ethyl adjacent to an activating group) is 1. The van der Waals surface area contributed by atoms with E-state index in [9.17, 15) is 0 Å². The monoisotopic (exact) mass is 289 g/mol. The van der Waals surface area contributed by atoms with Crippen molar-refractivity contribution in [3.63, 3.8) is 0 Å². The van der Waals surface area contributed by atoms with Gasteiger partial charge in [0, 0.05) is 13.2 Å². The summed E-state index contributed by atoms with van der Waals surface area (Å²) < 4.78 is 5.56. The fraction of sp³-hybridized carbons (Fsp3) is 0.571. The largest absolute Gasteiger partial charge is 0.377 e. The molecule has 1 rings (SSSR count). The van der Waals surface area contributed by atoms with Gasteiger partial charge in [-0.2, -0.15) is 0 Å². The predicted octanol–water partition coefficient (Wildman–Crippen LogP) is 3.94. The molecular weight excluding hydrogens is 269 g/mol. The van der Waals surface area contributed by atoms with Gasteiger partial charge in [-0.05, 0) is 44.5 Å². The first-order valence-electron chi connectivity index (χ1n) is 6.13.